The zero-order valence-corrected chi connectivity index (χ0v) is 14.1. The maximum atomic E-state index is 12.7. The second-order valence-electron chi connectivity index (χ2n) is 5.97. The summed E-state index contributed by atoms with van der Waals surface area (Å²) in [4.78, 5) is 27.0. The quantitative estimate of drug-likeness (QED) is 0.930. The fourth-order valence-corrected chi connectivity index (χ4v) is 2.86. The lowest BCUT2D eigenvalue weighted by molar-refractivity contribution is -0.126. The van der Waals surface area contributed by atoms with E-state index in [1.807, 2.05) is 30.3 Å². The van der Waals surface area contributed by atoms with Crippen molar-refractivity contribution in [2.75, 3.05) is 23.4 Å². The van der Waals surface area contributed by atoms with Gasteiger partial charge in [0.15, 0.2) is 6.10 Å². The van der Waals surface area contributed by atoms with E-state index in [0.717, 1.165) is 12.1 Å². The van der Waals surface area contributed by atoms with Crippen molar-refractivity contribution in [3.63, 3.8) is 0 Å². The standard InChI is InChI=1S/C19H21N3O3/c1-21(19(20)24)14-9-11-16(12-10-14)25-17-8-5-13-22(18(17)23)15-6-3-2-4-7-15/h2-4,6-7,9-12,17H,5,8,13H2,1H3,(H2,20,24)/t17-/m0/s1. The number of anilines is 2. The largest absolute Gasteiger partial charge is 0.481 e. The van der Waals surface area contributed by atoms with Crippen molar-refractivity contribution < 1.29 is 14.3 Å². The van der Waals surface area contributed by atoms with Crippen LogP contribution in [0.3, 0.4) is 0 Å². The molecule has 3 amide bonds. The predicted molar refractivity (Wildman–Crippen MR) is 96.9 cm³/mol. The van der Waals surface area contributed by atoms with Gasteiger partial charge in [-0.25, -0.2) is 4.79 Å². The summed E-state index contributed by atoms with van der Waals surface area (Å²) in [5, 5.41) is 0. The first-order valence-corrected chi connectivity index (χ1v) is 8.22. The van der Waals surface area contributed by atoms with Gasteiger partial charge in [-0.3, -0.25) is 9.69 Å². The highest BCUT2D eigenvalue weighted by Gasteiger charge is 2.31. The SMILES string of the molecule is CN(C(N)=O)c1ccc(O[C@H]2CCCN(c3ccccc3)C2=O)cc1. The van der Waals surface area contributed by atoms with Crippen LogP contribution in [0.1, 0.15) is 12.8 Å². The van der Waals surface area contributed by atoms with Crippen molar-refractivity contribution in [2.45, 2.75) is 18.9 Å². The van der Waals surface area contributed by atoms with E-state index in [9.17, 15) is 9.59 Å². The lowest BCUT2D eigenvalue weighted by Gasteiger charge is -2.32. The normalized spacial score (nSPS) is 17.2. The summed E-state index contributed by atoms with van der Waals surface area (Å²) in [5.41, 5.74) is 6.81. The minimum atomic E-state index is -0.533. The fourth-order valence-electron chi connectivity index (χ4n) is 2.86. The van der Waals surface area contributed by atoms with Gasteiger partial charge in [-0.15, -0.1) is 0 Å². The van der Waals surface area contributed by atoms with Crippen LogP contribution < -0.4 is 20.3 Å². The van der Waals surface area contributed by atoms with Gasteiger partial charge < -0.3 is 15.4 Å². The summed E-state index contributed by atoms with van der Waals surface area (Å²) >= 11 is 0. The van der Waals surface area contributed by atoms with E-state index in [0.29, 0.717) is 24.4 Å². The number of amides is 3. The van der Waals surface area contributed by atoms with Crippen molar-refractivity contribution in [3.8, 4) is 5.75 Å². The summed E-state index contributed by atoms with van der Waals surface area (Å²) in [6.07, 6.45) is 1.06. The minimum absolute atomic E-state index is 0.0317. The Hall–Kier alpha value is -3.02. The number of rotatable bonds is 4. The molecule has 2 aromatic carbocycles. The number of ether oxygens (including phenoxy) is 1. The Morgan fingerprint density at radius 2 is 1.84 bits per heavy atom. The third kappa shape index (κ3) is 3.74. The molecule has 0 unspecified atom stereocenters. The fraction of sp³-hybridized carbons (Fsp3) is 0.263. The number of carbonyl (C=O) groups excluding carboxylic acids is 2. The Kier molecular flexibility index (Phi) is 4.88. The molecule has 0 aliphatic carbocycles. The molecule has 0 spiro atoms. The van der Waals surface area contributed by atoms with Crippen LogP contribution in [-0.2, 0) is 4.79 Å². The molecule has 0 radical (unpaired) electrons. The number of hydrogen-bond donors (Lipinski definition) is 1. The van der Waals surface area contributed by atoms with Crippen LogP contribution in [0.2, 0.25) is 0 Å². The van der Waals surface area contributed by atoms with E-state index in [1.165, 1.54) is 4.90 Å². The van der Waals surface area contributed by atoms with E-state index in [2.05, 4.69) is 0 Å². The zero-order valence-electron chi connectivity index (χ0n) is 14.1. The van der Waals surface area contributed by atoms with E-state index < -0.39 is 12.1 Å². The van der Waals surface area contributed by atoms with E-state index >= 15 is 0 Å². The number of primary amides is 1. The Morgan fingerprint density at radius 1 is 1.16 bits per heavy atom. The summed E-state index contributed by atoms with van der Waals surface area (Å²) in [6, 6.07) is 16.0. The van der Waals surface area contributed by atoms with Crippen LogP contribution in [0.15, 0.2) is 54.6 Å². The monoisotopic (exact) mass is 339 g/mol. The number of hydrogen-bond acceptors (Lipinski definition) is 3. The van der Waals surface area contributed by atoms with Crippen LogP contribution in [0.4, 0.5) is 16.2 Å². The number of piperidine rings is 1. The molecular weight excluding hydrogens is 318 g/mol. The van der Waals surface area contributed by atoms with E-state index in [-0.39, 0.29) is 5.91 Å². The number of carbonyl (C=O) groups is 2. The van der Waals surface area contributed by atoms with Gasteiger partial charge in [-0.1, -0.05) is 18.2 Å². The zero-order chi connectivity index (χ0) is 17.8. The minimum Gasteiger partial charge on any atom is -0.481 e. The summed E-state index contributed by atoms with van der Waals surface area (Å²) < 4.78 is 5.89. The van der Waals surface area contributed by atoms with Crippen LogP contribution in [0.25, 0.3) is 0 Å². The molecule has 2 N–H and O–H groups in total. The van der Waals surface area contributed by atoms with Crippen LogP contribution >= 0.6 is 0 Å². The summed E-state index contributed by atoms with van der Waals surface area (Å²) in [6.45, 7) is 0.699. The number of benzene rings is 2. The number of nitrogens with two attached hydrogens (primary N) is 1. The van der Waals surface area contributed by atoms with Crippen LogP contribution in [0, 0.1) is 0 Å². The molecule has 0 saturated carbocycles. The number of para-hydroxylation sites is 1. The molecule has 25 heavy (non-hydrogen) atoms. The van der Waals surface area contributed by atoms with Gasteiger partial charge in [0, 0.05) is 25.0 Å². The smallest absolute Gasteiger partial charge is 0.318 e. The third-order valence-electron chi connectivity index (χ3n) is 4.29. The lowest BCUT2D eigenvalue weighted by atomic mass is 10.1. The highest BCUT2D eigenvalue weighted by Crippen LogP contribution is 2.25. The van der Waals surface area contributed by atoms with Crippen LogP contribution in [0.5, 0.6) is 5.75 Å². The number of nitrogens with zero attached hydrogens (tertiary/aromatic N) is 2. The average Bonchev–Trinajstić information content (AvgIpc) is 2.64. The molecule has 6 heteroatoms. The van der Waals surface area contributed by atoms with Gasteiger partial charge in [0.05, 0.1) is 0 Å². The second-order valence-corrected chi connectivity index (χ2v) is 5.97. The highest BCUT2D eigenvalue weighted by atomic mass is 16.5. The van der Waals surface area contributed by atoms with Gasteiger partial charge >= 0.3 is 6.03 Å². The molecule has 3 rings (SSSR count). The average molecular weight is 339 g/mol. The van der Waals surface area contributed by atoms with Gasteiger partial charge in [-0.05, 0) is 49.2 Å². The molecular formula is C19H21N3O3. The van der Waals surface area contributed by atoms with Gasteiger partial charge in [0.1, 0.15) is 5.75 Å². The molecule has 130 valence electrons. The second kappa shape index (κ2) is 7.25. The first kappa shape index (κ1) is 16.8. The van der Waals surface area contributed by atoms with Gasteiger partial charge in [0.25, 0.3) is 5.91 Å². The van der Waals surface area contributed by atoms with Crippen LogP contribution in [-0.4, -0.2) is 31.6 Å². The van der Waals surface area contributed by atoms with Crippen molar-refractivity contribution in [1.82, 2.24) is 0 Å². The molecule has 0 aromatic heterocycles. The molecule has 0 bridgehead atoms. The molecule has 1 fully saturated rings. The molecule has 6 nitrogen and oxygen atoms in total. The molecule has 1 aliphatic heterocycles. The molecule has 1 heterocycles. The van der Waals surface area contributed by atoms with E-state index in [1.54, 1.807) is 36.2 Å². The topological polar surface area (TPSA) is 75.9 Å². The van der Waals surface area contributed by atoms with Crippen molar-refractivity contribution in [3.05, 3.63) is 54.6 Å². The van der Waals surface area contributed by atoms with Crippen molar-refractivity contribution in [1.29, 1.82) is 0 Å². The van der Waals surface area contributed by atoms with Crippen molar-refractivity contribution >= 4 is 23.3 Å². The highest BCUT2D eigenvalue weighted by molar-refractivity contribution is 5.97. The summed E-state index contributed by atoms with van der Waals surface area (Å²) in [5.74, 6) is 0.561. The molecule has 1 saturated heterocycles. The maximum absolute atomic E-state index is 12.7. The lowest BCUT2D eigenvalue weighted by Crippen LogP contribution is -2.46. The first-order valence-electron chi connectivity index (χ1n) is 8.22. The molecule has 2 aromatic rings. The maximum Gasteiger partial charge on any atom is 0.318 e. The Labute approximate surface area is 146 Å². The van der Waals surface area contributed by atoms with Gasteiger partial charge in [0.2, 0.25) is 0 Å². The Bertz CT molecular complexity index is 746. The first-order chi connectivity index (χ1) is 12.1. The van der Waals surface area contributed by atoms with Gasteiger partial charge in [-0.2, -0.15) is 0 Å². The summed E-state index contributed by atoms with van der Waals surface area (Å²) in [7, 11) is 1.60. The van der Waals surface area contributed by atoms with E-state index in [4.69, 9.17) is 10.5 Å². The number of urea groups is 1. The Balaban J connectivity index is 1.70. The Morgan fingerprint density at radius 3 is 2.48 bits per heavy atom. The molecule has 1 aliphatic rings. The predicted octanol–water partition coefficient (Wildman–Crippen LogP) is 2.78. The molecule has 1 atom stereocenters. The van der Waals surface area contributed by atoms with Crippen molar-refractivity contribution in [2.24, 2.45) is 5.73 Å². The third-order valence-corrected chi connectivity index (χ3v) is 4.29.